The van der Waals surface area contributed by atoms with Gasteiger partial charge in [-0.05, 0) is 33.7 Å². The number of ether oxygens (including phenoxy) is 1. The minimum absolute atomic E-state index is 0.118. The van der Waals surface area contributed by atoms with Gasteiger partial charge in [0.25, 0.3) is 0 Å². The molecule has 0 saturated carbocycles. The molecule has 0 aliphatic rings. The largest absolute Gasteiger partial charge is 0.460 e. The number of nitrogens with zero attached hydrogens (tertiary/aromatic N) is 2. The van der Waals surface area contributed by atoms with Crippen LogP contribution in [0.1, 0.15) is 34.1 Å². The summed E-state index contributed by atoms with van der Waals surface area (Å²) >= 11 is 0. The molecular weight excluding hydrogens is 242 g/mol. The number of hydrogen-bond acceptors (Lipinski definition) is 4. The topological polar surface area (TPSA) is 56.2 Å². The molecule has 1 aromatic heterocycles. The molecule has 0 radical (unpaired) electrons. The zero-order valence-electron chi connectivity index (χ0n) is 12.3. The monoisotopic (exact) mass is 267 g/mol. The second-order valence-corrected chi connectivity index (χ2v) is 5.79. The molecule has 1 N–H and O–H groups in total. The molecule has 0 bridgehead atoms. The maximum Gasteiger partial charge on any atom is 0.310 e. The SMILES string of the molecule is CC(CNCCCn1ccnc1)C(=O)OC(C)(C)C. The van der Waals surface area contributed by atoms with Crippen LogP contribution in [0.5, 0.6) is 0 Å². The lowest BCUT2D eigenvalue weighted by atomic mass is 10.1. The molecule has 5 heteroatoms. The molecule has 5 nitrogen and oxygen atoms in total. The fourth-order valence-electron chi connectivity index (χ4n) is 1.61. The summed E-state index contributed by atoms with van der Waals surface area (Å²) in [5.41, 5.74) is -0.410. The first kappa shape index (κ1) is 15.7. The second-order valence-electron chi connectivity index (χ2n) is 5.79. The van der Waals surface area contributed by atoms with Crippen LogP contribution in [0.4, 0.5) is 0 Å². The number of rotatable bonds is 7. The predicted octanol–water partition coefficient (Wildman–Crippen LogP) is 1.84. The highest BCUT2D eigenvalue weighted by Crippen LogP contribution is 2.10. The van der Waals surface area contributed by atoms with Gasteiger partial charge in [0.05, 0.1) is 12.2 Å². The standard InChI is InChI=1S/C14H25N3O2/c1-12(13(18)19-14(2,3)4)10-15-6-5-8-17-9-7-16-11-17/h7,9,11-12,15H,5-6,8,10H2,1-4H3. The summed E-state index contributed by atoms with van der Waals surface area (Å²) in [5, 5.41) is 3.28. The molecular formula is C14H25N3O2. The van der Waals surface area contributed by atoms with Crippen molar-refractivity contribution in [1.29, 1.82) is 0 Å². The fraction of sp³-hybridized carbons (Fsp3) is 0.714. The molecule has 0 spiro atoms. The first-order chi connectivity index (χ1) is 8.88. The molecule has 1 unspecified atom stereocenters. The maximum absolute atomic E-state index is 11.7. The molecule has 0 aromatic carbocycles. The molecule has 1 heterocycles. The average molecular weight is 267 g/mol. The van der Waals surface area contributed by atoms with Crippen LogP contribution in [-0.2, 0) is 16.1 Å². The maximum atomic E-state index is 11.7. The van der Waals surface area contributed by atoms with E-state index in [4.69, 9.17) is 4.74 Å². The lowest BCUT2D eigenvalue weighted by Crippen LogP contribution is -2.33. The van der Waals surface area contributed by atoms with Crippen LogP contribution in [0.3, 0.4) is 0 Å². The third kappa shape index (κ3) is 6.96. The van der Waals surface area contributed by atoms with E-state index in [0.717, 1.165) is 19.5 Å². The van der Waals surface area contributed by atoms with E-state index >= 15 is 0 Å². The Labute approximate surface area is 115 Å². The van der Waals surface area contributed by atoms with Crippen molar-refractivity contribution in [3.63, 3.8) is 0 Å². The number of aryl methyl sites for hydroxylation is 1. The molecule has 0 fully saturated rings. The van der Waals surface area contributed by atoms with Gasteiger partial charge in [0.1, 0.15) is 5.60 Å². The van der Waals surface area contributed by atoms with Crippen LogP contribution in [-0.4, -0.2) is 34.2 Å². The van der Waals surface area contributed by atoms with Crippen molar-refractivity contribution in [3.8, 4) is 0 Å². The van der Waals surface area contributed by atoms with Crippen molar-refractivity contribution < 1.29 is 9.53 Å². The first-order valence-corrected chi connectivity index (χ1v) is 6.78. The number of carbonyl (C=O) groups is 1. The fourth-order valence-corrected chi connectivity index (χ4v) is 1.61. The predicted molar refractivity (Wildman–Crippen MR) is 74.7 cm³/mol. The Balaban J connectivity index is 2.10. The third-order valence-corrected chi connectivity index (χ3v) is 2.59. The smallest absolute Gasteiger partial charge is 0.310 e. The lowest BCUT2D eigenvalue weighted by Gasteiger charge is -2.22. The van der Waals surface area contributed by atoms with Gasteiger partial charge in [-0.2, -0.15) is 0 Å². The molecule has 0 amide bonds. The highest BCUT2D eigenvalue weighted by atomic mass is 16.6. The highest BCUT2D eigenvalue weighted by molar-refractivity contribution is 5.72. The summed E-state index contributed by atoms with van der Waals surface area (Å²) in [6.07, 6.45) is 6.54. The van der Waals surface area contributed by atoms with Gasteiger partial charge in [-0.3, -0.25) is 4.79 Å². The van der Waals surface area contributed by atoms with Crippen molar-refractivity contribution in [2.24, 2.45) is 5.92 Å². The van der Waals surface area contributed by atoms with Gasteiger partial charge in [-0.1, -0.05) is 6.92 Å². The Morgan fingerprint density at radius 2 is 2.21 bits per heavy atom. The Kier molecular flexibility index (Phi) is 6.02. The van der Waals surface area contributed by atoms with Gasteiger partial charge >= 0.3 is 5.97 Å². The summed E-state index contributed by atoms with van der Waals surface area (Å²) < 4.78 is 7.36. The Morgan fingerprint density at radius 1 is 1.47 bits per heavy atom. The highest BCUT2D eigenvalue weighted by Gasteiger charge is 2.21. The second kappa shape index (κ2) is 7.28. The van der Waals surface area contributed by atoms with E-state index in [-0.39, 0.29) is 11.9 Å². The number of esters is 1. The van der Waals surface area contributed by atoms with Crippen LogP contribution >= 0.6 is 0 Å². The first-order valence-electron chi connectivity index (χ1n) is 6.78. The zero-order chi connectivity index (χ0) is 14.3. The van der Waals surface area contributed by atoms with Gasteiger partial charge in [-0.25, -0.2) is 4.98 Å². The molecule has 0 saturated heterocycles. The van der Waals surface area contributed by atoms with Crippen LogP contribution < -0.4 is 5.32 Å². The molecule has 0 aliphatic heterocycles. The van der Waals surface area contributed by atoms with Crippen LogP contribution in [0.25, 0.3) is 0 Å². The van der Waals surface area contributed by atoms with Crippen LogP contribution in [0.15, 0.2) is 18.7 Å². The lowest BCUT2D eigenvalue weighted by molar-refractivity contribution is -0.159. The van der Waals surface area contributed by atoms with Crippen molar-refractivity contribution in [2.45, 2.75) is 46.3 Å². The summed E-state index contributed by atoms with van der Waals surface area (Å²) in [6.45, 7) is 10.0. The van der Waals surface area contributed by atoms with Gasteiger partial charge in [0.2, 0.25) is 0 Å². The summed E-state index contributed by atoms with van der Waals surface area (Å²) in [4.78, 5) is 15.7. The van der Waals surface area contributed by atoms with E-state index in [9.17, 15) is 4.79 Å². The molecule has 19 heavy (non-hydrogen) atoms. The van der Waals surface area contributed by atoms with Gasteiger partial charge in [-0.15, -0.1) is 0 Å². The summed E-state index contributed by atoms with van der Waals surface area (Å²) in [6, 6.07) is 0. The number of imidazole rings is 1. The average Bonchev–Trinajstić information content (AvgIpc) is 2.79. The quantitative estimate of drug-likeness (QED) is 0.605. The van der Waals surface area contributed by atoms with Crippen LogP contribution in [0, 0.1) is 5.92 Å². The molecule has 108 valence electrons. The zero-order valence-corrected chi connectivity index (χ0v) is 12.3. The van der Waals surface area contributed by atoms with Gasteiger partial charge < -0.3 is 14.6 Å². The van der Waals surface area contributed by atoms with Crippen molar-refractivity contribution in [1.82, 2.24) is 14.9 Å². The van der Waals surface area contributed by atoms with Crippen molar-refractivity contribution in [3.05, 3.63) is 18.7 Å². The normalized spacial score (nSPS) is 13.3. The number of nitrogens with one attached hydrogen (secondary N) is 1. The van der Waals surface area contributed by atoms with E-state index < -0.39 is 5.60 Å². The van der Waals surface area contributed by atoms with E-state index in [0.29, 0.717) is 6.54 Å². The Morgan fingerprint density at radius 3 is 2.79 bits per heavy atom. The number of carbonyl (C=O) groups excluding carboxylic acids is 1. The van der Waals surface area contributed by atoms with Crippen molar-refractivity contribution >= 4 is 5.97 Å². The van der Waals surface area contributed by atoms with Crippen molar-refractivity contribution in [2.75, 3.05) is 13.1 Å². The van der Waals surface area contributed by atoms with Gasteiger partial charge in [0.15, 0.2) is 0 Å². The summed E-state index contributed by atoms with van der Waals surface area (Å²) in [7, 11) is 0. The Bertz CT molecular complexity index is 369. The van der Waals surface area contributed by atoms with E-state index in [1.165, 1.54) is 0 Å². The minimum Gasteiger partial charge on any atom is -0.460 e. The molecule has 1 aromatic rings. The Hall–Kier alpha value is -1.36. The molecule has 0 aliphatic carbocycles. The van der Waals surface area contributed by atoms with E-state index in [1.807, 2.05) is 44.8 Å². The van der Waals surface area contributed by atoms with E-state index in [1.54, 1.807) is 6.20 Å². The van der Waals surface area contributed by atoms with Crippen LogP contribution in [0.2, 0.25) is 0 Å². The minimum atomic E-state index is -0.410. The molecule has 1 rings (SSSR count). The number of aromatic nitrogens is 2. The summed E-state index contributed by atoms with van der Waals surface area (Å²) in [5.74, 6) is -0.262. The van der Waals surface area contributed by atoms with E-state index in [2.05, 4.69) is 10.3 Å². The molecule has 1 atom stereocenters. The van der Waals surface area contributed by atoms with Gasteiger partial charge in [0, 0.05) is 25.5 Å². The number of hydrogen-bond donors (Lipinski definition) is 1. The third-order valence-electron chi connectivity index (χ3n) is 2.59.